The molecule has 0 aliphatic heterocycles. The summed E-state index contributed by atoms with van der Waals surface area (Å²) in [7, 11) is 1.86. The number of aromatic amines is 1. The van der Waals surface area contributed by atoms with Crippen LogP contribution in [0.1, 0.15) is 30.3 Å². The normalized spacial score (nSPS) is 13.6. The molecule has 4 heterocycles. The van der Waals surface area contributed by atoms with Crippen molar-refractivity contribution in [3.63, 3.8) is 0 Å². The van der Waals surface area contributed by atoms with Crippen molar-refractivity contribution in [1.82, 2.24) is 34.5 Å². The summed E-state index contributed by atoms with van der Waals surface area (Å²) in [6.07, 6.45) is 7.48. The fraction of sp³-hybridized carbons (Fsp3) is 0.250. The zero-order valence-corrected chi connectivity index (χ0v) is 16.0. The molecule has 0 atom stereocenters. The second kappa shape index (κ2) is 6.69. The molecule has 1 saturated carbocycles. The van der Waals surface area contributed by atoms with Crippen molar-refractivity contribution >= 4 is 0 Å². The van der Waals surface area contributed by atoms with Gasteiger partial charge in [-0.15, -0.1) is 5.10 Å². The van der Waals surface area contributed by atoms with Crippen LogP contribution in [-0.2, 0) is 7.05 Å². The van der Waals surface area contributed by atoms with Gasteiger partial charge in [-0.1, -0.05) is 0 Å². The fourth-order valence-corrected chi connectivity index (χ4v) is 3.11. The molecule has 9 nitrogen and oxygen atoms in total. The van der Waals surface area contributed by atoms with Crippen molar-refractivity contribution in [3.8, 4) is 28.6 Å². The highest BCUT2D eigenvalue weighted by atomic mass is 16.5. The van der Waals surface area contributed by atoms with E-state index in [0.717, 1.165) is 29.9 Å². The Kier molecular flexibility index (Phi) is 4.01. The molecule has 5 rings (SSSR count). The van der Waals surface area contributed by atoms with E-state index in [1.165, 1.54) is 4.68 Å². The quantitative estimate of drug-likeness (QED) is 0.563. The molecule has 146 valence electrons. The molecular weight excluding hydrogens is 370 g/mol. The van der Waals surface area contributed by atoms with E-state index in [4.69, 9.17) is 4.74 Å². The van der Waals surface area contributed by atoms with Gasteiger partial charge < -0.3 is 4.74 Å². The number of pyridine rings is 2. The Bertz CT molecular complexity index is 1250. The first-order valence-electron chi connectivity index (χ1n) is 9.37. The SMILES string of the molecule is Cc1nc(-n2nc(C3CC3)[nH]c2=O)ccc1Oc1ccnc(-c2cnn(C)c2)c1. The molecule has 29 heavy (non-hydrogen) atoms. The van der Waals surface area contributed by atoms with Crippen LogP contribution in [0.3, 0.4) is 0 Å². The molecule has 0 amide bonds. The van der Waals surface area contributed by atoms with E-state index >= 15 is 0 Å². The van der Waals surface area contributed by atoms with Crippen LogP contribution < -0.4 is 10.4 Å². The molecular formula is C20H19N7O2. The lowest BCUT2D eigenvalue weighted by Gasteiger charge is -2.10. The average molecular weight is 389 g/mol. The Balaban J connectivity index is 1.41. The summed E-state index contributed by atoms with van der Waals surface area (Å²) in [6, 6.07) is 7.15. The number of H-pyrrole nitrogens is 1. The molecule has 0 radical (unpaired) electrons. The van der Waals surface area contributed by atoms with Gasteiger partial charge in [0.05, 0.1) is 17.6 Å². The van der Waals surface area contributed by atoms with Gasteiger partial charge in [0.15, 0.2) is 5.82 Å². The number of hydrogen-bond donors (Lipinski definition) is 1. The van der Waals surface area contributed by atoms with Crippen LogP contribution in [0.25, 0.3) is 17.1 Å². The monoisotopic (exact) mass is 389 g/mol. The summed E-state index contributed by atoms with van der Waals surface area (Å²) in [4.78, 5) is 23.9. The van der Waals surface area contributed by atoms with Gasteiger partial charge in [0.1, 0.15) is 17.3 Å². The Morgan fingerprint density at radius 3 is 2.83 bits per heavy atom. The number of rotatable bonds is 5. The summed E-state index contributed by atoms with van der Waals surface area (Å²) in [5, 5.41) is 8.55. The van der Waals surface area contributed by atoms with Crippen molar-refractivity contribution in [3.05, 3.63) is 64.9 Å². The second-order valence-electron chi connectivity index (χ2n) is 7.14. The van der Waals surface area contributed by atoms with Crippen LogP contribution in [0, 0.1) is 6.92 Å². The summed E-state index contributed by atoms with van der Waals surface area (Å²) >= 11 is 0. The third-order valence-electron chi connectivity index (χ3n) is 4.80. The van der Waals surface area contributed by atoms with E-state index < -0.39 is 0 Å². The Morgan fingerprint density at radius 2 is 2.10 bits per heavy atom. The number of nitrogens with zero attached hydrogens (tertiary/aromatic N) is 6. The zero-order valence-electron chi connectivity index (χ0n) is 16.0. The van der Waals surface area contributed by atoms with Crippen LogP contribution >= 0.6 is 0 Å². The van der Waals surface area contributed by atoms with Crippen LogP contribution in [0.5, 0.6) is 11.5 Å². The van der Waals surface area contributed by atoms with Gasteiger partial charge in [-0.3, -0.25) is 14.6 Å². The maximum Gasteiger partial charge on any atom is 0.349 e. The van der Waals surface area contributed by atoms with Gasteiger partial charge >= 0.3 is 5.69 Å². The van der Waals surface area contributed by atoms with Crippen LogP contribution in [0.2, 0.25) is 0 Å². The zero-order chi connectivity index (χ0) is 20.0. The first-order valence-corrected chi connectivity index (χ1v) is 9.37. The molecule has 0 aromatic carbocycles. The molecule has 1 aliphatic rings. The summed E-state index contributed by atoms with van der Waals surface area (Å²) in [6.45, 7) is 1.83. The van der Waals surface area contributed by atoms with Gasteiger partial charge in [0.25, 0.3) is 0 Å². The van der Waals surface area contributed by atoms with Crippen LogP contribution in [-0.4, -0.2) is 34.5 Å². The third-order valence-corrected chi connectivity index (χ3v) is 4.80. The molecule has 4 aromatic heterocycles. The number of ether oxygens (including phenoxy) is 1. The largest absolute Gasteiger partial charge is 0.455 e. The van der Waals surface area contributed by atoms with E-state index in [9.17, 15) is 4.79 Å². The van der Waals surface area contributed by atoms with Gasteiger partial charge in [-0.2, -0.15) is 9.78 Å². The first-order chi connectivity index (χ1) is 14.1. The highest BCUT2D eigenvalue weighted by Gasteiger charge is 2.28. The minimum absolute atomic E-state index is 0.275. The van der Waals surface area contributed by atoms with Crippen molar-refractivity contribution in [1.29, 1.82) is 0 Å². The maximum absolute atomic E-state index is 12.2. The molecule has 4 aromatic rings. The lowest BCUT2D eigenvalue weighted by molar-refractivity contribution is 0.475. The predicted molar refractivity (Wildman–Crippen MR) is 105 cm³/mol. The first kappa shape index (κ1) is 17.4. The lowest BCUT2D eigenvalue weighted by atomic mass is 10.2. The predicted octanol–water partition coefficient (Wildman–Crippen LogP) is 2.73. The standard InChI is InChI=1S/C20H19N7O2/c1-12-17(29-15-7-8-21-16(9-15)14-10-22-26(2)11-14)5-6-18(23-12)27-20(28)24-19(25-27)13-3-4-13/h5-11,13H,3-4H2,1-2H3,(H,24,25,28). The molecule has 1 N–H and O–H groups in total. The Morgan fingerprint density at radius 1 is 1.24 bits per heavy atom. The number of aryl methyl sites for hydroxylation is 2. The maximum atomic E-state index is 12.2. The van der Waals surface area contributed by atoms with E-state index in [0.29, 0.717) is 28.9 Å². The molecule has 1 aliphatic carbocycles. The lowest BCUT2D eigenvalue weighted by Crippen LogP contribution is -2.17. The van der Waals surface area contributed by atoms with E-state index in [-0.39, 0.29) is 5.69 Å². The Hall–Kier alpha value is -3.75. The molecule has 9 heteroatoms. The molecule has 0 unspecified atom stereocenters. The highest BCUT2D eigenvalue weighted by molar-refractivity contribution is 5.58. The van der Waals surface area contributed by atoms with Crippen molar-refractivity contribution in [2.45, 2.75) is 25.7 Å². The molecule has 0 spiro atoms. The Labute approximate surface area is 166 Å². The number of hydrogen-bond acceptors (Lipinski definition) is 6. The van der Waals surface area contributed by atoms with Gasteiger partial charge in [-0.25, -0.2) is 9.78 Å². The highest BCUT2D eigenvalue weighted by Crippen LogP contribution is 2.37. The summed E-state index contributed by atoms with van der Waals surface area (Å²) in [5.41, 5.74) is 2.06. The van der Waals surface area contributed by atoms with Crippen molar-refractivity contribution in [2.75, 3.05) is 0 Å². The number of aromatic nitrogens is 7. The summed E-state index contributed by atoms with van der Waals surface area (Å²) < 4.78 is 9.04. The molecule has 1 fully saturated rings. The van der Waals surface area contributed by atoms with Crippen LogP contribution in [0.15, 0.2) is 47.7 Å². The number of nitrogens with one attached hydrogen (secondary N) is 1. The minimum atomic E-state index is -0.275. The van der Waals surface area contributed by atoms with Gasteiger partial charge in [0, 0.05) is 37.0 Å². The smallest absolute Gasteiger partial charge is 0.349 e. The molecule has 0 bridgehead atoms. The van der Waals surface area contributed by atoms with E-state index in [1.54, 1.807) is 35.3 Å². The van der Waals surface area contributed by atoms with Gasteiger partial charge in [0.2, 0.25) is 0 Å². The van der Waals surface area contributed by atoms with Gasteiger partial charge in [-0.05, 0) is 38.0 Å². The fourth-order valence-electron chi connectivity index (χ4n) is 3.11. The van der Waals surface area contributed by atoms with E-state index in [2.05, 4.69) is 25.1 Å². The van der Waals surface area contributed by atoms with Crippen LogP contribution in [0.4, 0.5) is 0 Å². The van der Waals surface area contributed by atoms with Crippen molar-refractivity contribution in [2.24, 2.45) is 7.05 Å². The minimum Gasteiger partial charge on any atom is -0.455 e. The molecule has 0 saturated heterocycles. The topological polar surface area (TPSA) is 104 Å². The van der Waals surface area contributed by atoms with Crippen molar-refractivity contribution < 1.29 is 4.74 Å². The summed E-state index contributed by atoms with van der Waals surface area (Å²) in [5.74, 6) is 2.81. The average Bonchev–Trinajstić information content (AvgIpc) is 3.36. The van der Waals surface area contributed by atoms with E-state index in [1.807, 2.05) is 26.2 Å². The third kappa shape index (κ3) is 3.42. The second-order valence-corrected chi connectivity index (χ2v) is 7.14.